The summed E-state index contributed by atoms with van der Waals surface area (Å²) in [5, 5.41) is 10.3. The normalized spacial score (nSPS) is 10.2. The average molecular weight is 269 g/mol. The number of phenolic OH excluding ortho intramolecular Hbond substituents is 1. The lowest BCUT2D eigenvalue weighted by molar-refractivity contribution is 0.305. The first-order valence-corrected chi connectivity index (χ1v) is 5.76. The molecule has 0 unspecified atom stereocenters. The second-order valence-electron chi connectivity index (χ2n) is 3.56. The zero-order valence-corrected chi connectivity index (χ0v) is 10.4. The average Bonchev–Trinajstić information content (AvgIpc) is 2.27. The summed E-state index contributed by atoms with van der Waals surface area (Å²) in [4.78, 5) is 0. The summed E-state index contributed by atoms with van der Waals surface area (Å²) in [5.41, 5.74) is 0.899. The molecule has 88 valence electrons. The summed E-state index contributed by atoms with van der Waals surface area (Å²) in [6, 6.07) is 11.8. The third kappa shape index (κ3) is 3.55. The lowest BCUT2D eigenvalue weighted by Gasteiger charge is -2.07. The molecular weight excluding hydrogens is 259 g/mol. The van der Waals surface area contributed by atoms with Gasteiger partial charge in [-0.1, -0.05) is 23.2 Å². The van der Waals surface area contributed by atoms with Crippen LogP contribution in [0.15, 0.2) is 42.5 Å². The summed E-state index contributed by atoms with van der Waals surface area (Å²) in [6.07, 6.45) is 0. The molecule has 0 saturated carbocycles. The minimum absolute atomic E-state index is 0.211. The molecule has 2 aromatic rings. The number of benzene rings is 2. The van der Waals surface area contributed by atoms with E-state index in [0.29, 0.717) is 22.4 Å². The maximum absolute atomic E-state index is 9.12. The van der Waals surface area contributed by atoms with Gasteiger partial charge in [0.1, 0.15) is 18.1 Å². The van der Waals surface area contributed by atoms with Crippen LogP contribution in [0.2, 0.25) is 10.0 Å². The van der Waals surface area contributed by atoms with Crippen LogP contribution in [0.4, 0.5) is 0 Å². The van der Waals surface area contributed by atoms with Gasteiger partial charge in [-0.2, -0.15) is 0 Å². The molecule has 2 nitrogen and oxygen atoms in total. The summed E-state index contributed by atoms with van der Waals surface area (Å²) in [6.45, 7) is 0.380. The lowest BCUT2D eigenvalue weighted by atomic mass is 10.2. The van der Waals surface area contributed by atoms with Crippen LogP contribution in [0.5, 0.6) is 11.5 Å². The third-order valence-electron chi connectivity index (χ3n) is 2.16. The van der Waals surface area contributed by atoms with Crippen LogP contribution >= 0.6 is 23.2 Å². The highest BCUT2D eigenvalue weighted by atomic mass is 35.5. The molecule has 0 atom stereocenters. The monoisotopic (exact) mass is 268 g/mol. The van der Waals surface area contributed by atoms with E-state index in [4.69, 9.17) is 33.0 Å². The zero-order chi connectivity index (χ0) is 12.3. The smallest absolute Gasteiger partial charge is 0.120 e. The molecule has 4 heteroatoms. The van der Waals surface area contributed by atoms with Gasteiger partial charge in [-0.25, -0.2) is 0 Å². The van der Waals surface area contributed by atoms with E-state index in [2.05, 4.69) is 0 Å². The van der Waals surface area contributed by atoms with E-state index in [0.717, 1.165) is 5.56 Å². The van der Waals surface area contributed by atoms with Crippen molar-refractivity contribution in [1.82, 2.24) is 0 Å². The highest BCUT2D eigenvalue weighted by Gasteiger charge is 2.00. The topological polar surface area (TPSA) is 29.5 Å². The van der Waals surface area contributed by atoms with Gasteiger partial charge in [0.2, 0.25) is 0 Å². The summed E-state index contributed by atoms with van der Waals surface area (Å²) in [7, 11) is 0. The summed E-state index contributed by atoms with van der Waals surface area (Å²) in [5.74, 6) is 0.891. The second-order valence-corrected chi connectivity index (χ2v) is 4.43. The number of hydrogen-bond donors (Lipinski definition) is 1. The van der Waals surface area contributed by atoms with Crippen molar-refractivity contribution in [3.05, 3.63) is 58.1 Å². The SMILES string of the molecule is Oc1ccc(OCc2cc(Cl)cc(Cl)c2)cc1. The highest BCUT2D eigenvalue weighted by Crippen LogP contribution is 2.21. The van der Waals surface area contributed by atoms with Crippen molar-refractivity contribution >= 4 is 23.2 Å². The zero-order valence-electron chi connectivity index (χ0n) is 8.86. The number of rotatable bonds is 3. The molecule has 0 aromatic heterocycles. The van der Waals surface area contributed by atoms with Crippen LogP contribution in [0.25, 0.3) is 0 Å². The van der Waals surface area contributed by atoms with Gasteiger partial charge in [-0.3, -0.25) is 0 Å². The van der Waals surface area contributed by atoms with E-state index >= 15 is 0 Å². The fourth-order valence-electron chi connectivity index (χ4n) is 1.40. The largest absolute Gasteiger partial charge is 0.508 e. The third-order valence-corrected chi connectivity index (χ3v) is 2.60. The maximum Gasteiger partial charge on any atom is 0.120 e. The first-order valence-electron chi connectivity index (χ1n) is 5.00. The van der Waals surface area contributed by atoms with Gasteiger partial charge in [0.05, 0.1) is 0 Å². The molecule has 1 N–H and O–H groups in total. The standard InChI is InChI=1S/C13H10Cl2O2/c14-10-5-9(6-11(15)7-10)8-17-13-3-1-12(16)2-4-13/h1-7,16H,8H2. The minimum atomic E-state index is 0.211. The molecule has 2 rings (SSSR count). The van der Waals surface area contributed by atoms with Crippen molar-refractivity contribution in [2.45, 2.75) is 6.61 Å². The van der Waals surface area contributed by atoms with Gasteiger partial charge in [0, 0.05) is 10.0 Å². The number of ether oxygens (including phenoxy) is 1. The summed E-state index contributed by atoms with van der Waals surface area (Å²) < 4.78 is 5.53. The van der Waals surface area contributed by atoms with Crippen molar-refractivity contribution in [1.29, 1.82) is 0 Å². The molecule has 0 heterocycles. The minimum Gasteiger partial charge on any atom is -0.508 e. The van der Waals surface area contributed by atoms with Crippen LogP contribution in [-0.4, -0.2) is 5.11 Å². The Balaban J connectivity index is 2.04. The first-order chi connectivity index (χ1) is 8.13. The quantitative estimate of drug-likeness (QED) is 0.901. The van der Waals surface area contributed by atoms with Crippen LogP contribution in [-0.2, 0) is 6.61 Å². The molecule has 0 spiro atoms. The Labute approximate surface area is 109 Å². The highest BCUT2D eigenvalue weighted by molar-refractivity contribution is 6.34. The van der Waals surface area contributed by atoms with Gasteiger partial charge in [0.25, 0.3) is 0 Å². The molecule has 0 amide bonds. The van der Waals surface area contributed by atoms with Crippen molar-refractivity contribution in [2.24, 2.45) is 0 Å². The number of aromatic hydroxyl groups is 1. The second kappa shape index (κ2) is 5.30. The van der Waals surface area contributed by atoms with Crippen molar-refractivity contribution < 1.29 is 9.84 Å². The molecule has 2 aromatic carbocycles. The predicted octanol–water partition coefficient (Wildman–Crippen LogP) is 4.28. The molecule has 0 aliphatic heterocycles. The fraction of sp³-hybridized carbons (Fsp3) is 0.0769. The molecule has 0 aliphatic carbocycles. The summed E-state index contributed by atoms with van der Waals surface area (Å²) >= 11 is 11.8. The van der Waals surface area contributed by atoms with Gasteiger partial charge in [-0.15, -0.1) is 0 Å². The molecular formula is C13H10Cl2O2. The van der Waals surface area contributed by atoms with E-state index in [1.165, 1.54) is 0 Å². The van der Waals surface area contributed by atoms with Crippen molar-refractivity contribution in [2.75, 3.05) is 0 Å². The van der Waals surface area contributed by atoms with E-state index in [1.807, 2.05) is 0 Å². The molecule has 0 saturated heterocycles. The molecule has 0 radical (unpaired) electrons. The van der Waals surface area contributed by atoms with E-state index in [1.54, 1.807) is 42.5 Å². The molecule has 0 bridgehead atoms. The number of halogens is 2. The van der Waals surface area contributed by atoms with Crippen molar-refractivity contribution in [3.8, 4) is 11.5 Å². The van der Waals surface area contributed by atoms with Crippen LogP contribution in [0, 0.1) is 0 Å². The van der Waals surface area contributed by atoms with Gasteiger partial charge >= 0.3 is 0 Å². The predicted molar refractivity (Wildman–Crippen MR) is 68.9 cm³/mol. The Hall–Kier alpha value is -1.38. The Morgan fingerprint density at radius 1 is 0.941 bits per heavy atom. The number of hydrogen-bond acceptors (Lipinski definition) is 2. The lowest BCUT2D eigenvalue weighted by Crippen LogP contribution is -1.95. The van der Waals surface area contributed by atoms with E-state index in [-0.39, 0.29) is 5.75 Å². The Morgan fingerprint density at radius 2 is 1.53 bits per heavy atom. The van der Waals surface area contributed by atoms with E-state index < -0.39 is 0 Å². The molecule has 17 heavy (non-hydrogen) atoms. The van der Waals surface area contributed by atoms with E-state index in [9.17, 15) is 0 Å². The molecule has 0 aliphatic rings. The Kier molecular flexibility index (Phi) is 3.77. The van der Waals surface area contributed by atoms with Gasteiger partial charge < -0.3 is 9.84 Å². The van der Waals surface area contributed by atoms with Crippen molar-refractivity contribution in [3.63, 3.8) is 0 Å². The van der Waals surface area contributed by atoms with Crippen LogP contribution in [0.3, 0.4) is 0 Å². The van der Waals surface area contributed by atoms with Gasteiger partial charge in [0.15, 0.2) is 0 Å². The molecule has 0 fully saturated rings. The Bertz CT molecular complexity index is 489. The van der Waals surface area contributed by atoms with Crippen LogP contribution in [0.1, 0.15) is 5.56 Å². The van der Waals surface area contributed by atoms with Gasteiger partial charge in [-0.05, 0) is 48.0 Å². The van der Waals surface area contributed by atoms with Crippen LogP contribution < -0.4 is 4.74 Å². The Morgan fingerprint density at radius 3 is 2.12 bits per heavy atom. The fourth-order valence-corrected chi connectivity index (χ4v) is 1.97. The number of phenols is 1. The maximum atomic E-state index is 9.12. The first kappa shape index (κ1) is 12.1.